The molecule has 2 aliphatic rings. The van der Waals surface area contributed by atoms with Crippen molar-refractivity contribution in [1.29, 1.82) is 5.41 Å². The summed E-state index contributed by atoms with van der Waals surface area (Å²) in [6.45, 7) is 5.33. The van der Waals surface area contributed by atoms with E-state index in [1.807, 2.05) is 12.1 Å². The van der Waals surface area contributed by atoms with Gasteiger partial charge >= 0.3 is 0 Å². The van der Waals surface area contributed by atoms with E-state index in [4.69, 9.17) is 50.7 Å². The third-order valence-electron chi connectivity index (χ3n) is 7.37. The fourth-order valence-corrected chi connectivity index (χ4v) is 6.80. The molecule has 5 rings (SSSR count). The molecule has 0 radical (unpaired) electrons. The van der Waals surface area contributed by atoms with Crippen molar-refractivity contribution in [3.05, 3.63) is 70.7 Å². The molecule has 3 aromatic carbocycles. The number of nitrogens with one attached hydrogen (secondary N) is 3. The largest absolute Gasteiger partial charge is 0.481 e. The second-order valence-corrected chi connectivity index (χ2v) is 14.9. The number of ketones is 1. The van der Waals surface area contributed by atoms with Gasteiger partial charge in [-0.15, -0.1) is 0 Å². The molecule has 2 amide bonds. The number of Topliss-reactive ketones (excluding diaryl/α,β-unsaturated/α-hetero) is 1. The van der Waals surface area contributed by atoms with Gasteiger partial charge in [0.25, 0.3) is 35.6 Å². The highest BCUT2D eigenvalue weighted by atomic mass is 79.9. The molecule has 0 bridgehead atoms. The molecule has 2 aliphatic heterocycles. The van der Waals surface area contributed by atoms with Gasteiger partial charge in [0.2, 0.25) is 15.9 Å². The Balaban J connectivity index is 0.000000866. The van der Waals surface area contributed by atoms with E-state index in [9.17, 15) is 22.8 Å². The molecule has 19 nitrogen and oxygen atoms in total. The van der Waals surface area contributed by atoms with Gasteiger partial charge in [-0.2, -0.15) is 4.72 Å². The number of benzene rings is 3. The first-order chi connectivity index (χ1) is 26.5. The molecule has 9 N–H and O–H groups in total. The van der Waals surface area contributed by atoms with Gasteiger partial charge in [-0.3, -0.25) is 39.0 Å². The zero-order chi connectivity index (χ0) is 43.6. The maximum absolute atomic E-state index is 13.5. The number of carboxylic acids is 4. The van der Waals surface area contributed by atoms with E-state index in [-0.39, 0.29) is 35.4 Å². The summed E-state index contributed by atoms with van der Waals surface area (Å²) < 4.78 is 30.1. The Bertz CT molecular complexity index is 2020. The van der Waals surface area contributed by atoms with Crippen molar-refractivity contribution in [2.75, 3.05) is 31.1 Å². The van der Waals surface area contributed by atoms with Crippen molar-refractivity contribution in [1.82, 2.24) is 14.9 Å². The first-order valence-electron chi connectivity index (χ1n) is 16.8. The monoisotopic (exact) mass is 880 g/mol. The summed E-state index contributed by atoms with van der Waals surface area (Å²) in [5, 5.41) is 41.8. The number of carbonyl (C=O) groups is 7. The van der Waals surface area contributed by atoms with Gasteiger partial charge in [0.05, 0.1) is 22.7 Å². The number of halogens is 1. The molecule has 0 unspecified atom stereocenters. The maximum atomic E-state index is 13.5. The number of nitrogens with zero attached hydrogens (tertiary/aromatic N) is 2. The summed E-state index contributed by atoms with van der Waals surface area (Å²) in [7, 11) is -4.21. The Labute approximate surface area is 336 Å². The Morgan fingerprint density at radius 3 is 1.96 bits per heavy atom. The van der Waals surface area contributed by atoms with Gasteiger partial charge in [0, 0.05) is 51.8 Å². The number of hydrogen-bond acceptors (Lipinski definition) is 10. The molecule has 1 saturated heterocycles. The fraction of sp³-hybridized carbons (Fsp3) is 0.333. The normalized spacial score (nSPS) is 14.6. The molecule has 57 heavy (non-hydrogen) atoms. The average molecular weight is 882 g/mol. The number of fused-ring (bicyclic) bond motifs is 2. The molecule has 0 saturated carbocycles. The summed E-state index contributed by atoms with van der Waals surface area (Å²) in [6, 6.07) is 15.3. The predicted molar refractivity (Wildman–Crippen MR) is 211 cm³/mol. The van der Waals surface area contributed by atoms with Crippen LogP contribution in [0.3, 0.4) is 0 Å². The number of amides is 2. The molecular formula is C36H45BrN6O13S. The lowest BCUT2D eigenvalue weighted by atomic mass is 9.98. The van der Waals surface area contributed by atoms with Crippen molar-refractivity contribution in [3.8, 4) is 0 Å². The molecule has 0 aliphatic carbocycles. The Kier molecular flexibility index (Phi) is 20.0. The maximum Gasteiger partial charge on any atom is 0.300 e. The highest BCUT2D eigenvalue weighted by Gasteiger charge is 2.39. The van der Waals surface area contributed by atoms with E-state index in [2.05, 4.69) is 26.0 Å². The number of hydrogen-bond donors (Lipinski definition) is 8. The summed E-state index contributed by atoms with van der Waals surface area (Å²) in [5.74, 6) is -5.58. The Morgan fingerprint density at radius 1 is 0.877 bits per heavy atom. The summed E-state index contributed by atoms with van der Waals surface area (Å²) in [6.07, 6.45) is 1.60. The van der Waals surface area contributed by atoms with Gasteiger partial charge in [-0.25, -0.2) is 8.42 Å². The lowest BCUT2D eigenvalue weighted by Gasteiger charge is -2.33. The standard InChI is InChI=1S/C28H29BrN6O5S.4C2H4O2/c29-20-8-10-24-22(13-20)25(36)27(38)35(24)16-23(26(37)32-14-17-4-3-11-34(15-17)28(30)31)33-41(39,40)21-9-7-18-5-1-2-6-19(18)12-21;4*1-2(3)4/h1-2,5-10,12-13,17,23,33H,3-4,11,14-16H2,(H3,30,31)(H,32,37);4*1H3,(H,3,4)/t17-,23+;;;;/m0..../s1. The quantitative estimate of drug-likeness (QED) is 0.0916. The molecule has 21 heteroatoms. The van der Waals surface area contributed by atoms with Crippen LogP contribution < -0.4 is 20.7 Å². The second kappa shape index (κ2) is 23.2. The first kappa shape index (κ1) is 49.1. The number of sulfonamides is 1. The molecule has 310 valence electrons. The van der Waals surface area contributed by atoms with Crippen LogP contribution in [0.15, 0.2) is 70.0 Å². The van der Waals surface area contributed by atoms with E-state index in [1.165, 1.54) is 18.2 Å². The van der Waals surface area contributed by atoms with Crippen molar-refractivity contribution >= 4 is 89.8 Å². The number of carboxylic acid groups (broad SMARTS) is 4. The van der Waals surface area contributed by atoms with Crippen molar-refractivity contribution in [2.45, 2.75) is 51.5 Å². The van der Waals surface area contributed by atoms with Crippen molar-refractivity contribution in [2.24, 2.45) is 11.7 Å². The average Bonchev–Trinajstić information content (AvgIpc) is 3.33. The predicted octanol–water partition coefficient (Wildman–Crippen LogP) is 2.56. The van der Waals surface area contributed by atoms with E-state index < -0.39 is 57.5 Å². The number of likely N-dealkylation sites (tertiary alicyclic amines) is 1. The van der Waals surface area contributed by atoms with Crippen LogP contribution in [0.25, 0.3) is 10.8 Å². The van der Waals surface area contributed by atoms with Crippen LogP contribution in [-0.2, 0) is 38.8 Å². The van der Waals surface area contributed by atoms with Gasteiger partial charge in [-0.05, 0) is 59.9 Å². The molecule has 2 heterocycles. The van der Waals surface area contributed by atoms with Crippen LogP contribution >= 0.6 is 15.9 Å². The number of piperidine rings is 1. The highest BCUT2D eigenvalue weighted by Crippen LogP contribution is 2.31. The SMILES string of the molecule is CC(=O)O.CC(=O)O.CC(=O)O.CC(=O)O.N=C(N)N1CCC[C@@H](CNC(=O)[C@@H](CN2C(=O)C(=O)c3cc(Br)ccc32)NS(=O)(=O)c2ccc3ccccc3c2)C1. The van der Waals surface area contributed by atoms with E-state index in [0.29, 0.717) is 28.6 Å². The van der Waals surface area contributed by atoms with Gasteiger partial charge in [0.15, 0.2) is 5.96 Å². The van der Waals surface area contributed by atoms with Crippen LogP contribution in [0.1, 0.15) is 50.9 Å². The number of nitrogens with two attached hydrogens (primary N) is 1. The first-order valence-corrected chi connectivity index (χ1v) is 19.1. The van der Waals surface area contributed by atoms with Crippen molar-refractivity contribution in [3.63, 3.8) is 0 Å². The van der Waals surface area contributed by atoms with Crippen LogP contribution in [0.5, 0.6) is 0 Å². The molecule has 2 atom stereocenters. The summed E-state index contributed by atoms with van der Waals surface area (Å²) in [4.78, 5) is 78.0. The molecular weight excluding hydrogens is 836 g/mol. The van der Waals surface area contributed by atoms with E-state index >= 15 is 0 Å². The number of anilines is 1. The fourth-order valence-electron chi connectivity index (χ4n) is 5.22. The molecule has 0 spiro atoms. The van der Waals surface area contributed by atoms with E-state index in [0.717, 1.165) is 50.8 Å². The Hall–Kier alpha value is -5.93. The van der Waals surface area contributed by atoms with Crippen LogP contribution in [0, 0.1) is 11.3 Å². The molecule has 0 aromatic heterocycles. The number of rotatable bonds is 8. The topological polar surface area (TPSA) is 315 Å². The highest BCUT2D eigenvalue weighted by molar-refractivity contribution is 9.10. The van der Waals surface area contributed by atoms with Gasteiger partial charge < -0.3 is 41.3 Å². The van der Waals surface area contributed by atoms with Crippen LogP contribution in [-0.4, -0.2) is 113 Å². The van der Waals surface area contributed by atoms with Crippen LogP contribution in [0.4, 0.5) is 5.69 Å². The number of guanidine groups is 1. The minimum absolute atomic E-state index is 0.00224. The summed E-state index contributed by atoms with van der Waals surface area (Å²) in [5.41, 5.74) is 6.11. The Morgan fingerprint density at radius 2 is 1.42 bits per heavy atom. The zero-order valence-electron chi connectivity index (χ0n) is 31.4. The molecule has 1 fully saturated rings. The minimum atomic E-state index is -4.21. The minimum Gasteiger partial charge on any atom is -0.481 e. The molecule has 3 aromatic rings. The lowest BCUT2D eigenvalue weighted by molar-refractivity contribution is -0.135. The zero-order valence-corrected chi connectivity index (χ0v) is 33.8. The second-order valence-electron chi connectivity index (χ2n) is 12.2. The smallest absolute Gasteiger partial charge is 0.300 e. The van der Waals surface area contributed by atoms with E-state index in [1.54, 1.807) is 35.2 Å². The van der Waals surface area contributed by atoms with Crippen LogP contribution in [0.2, 0.25) is 0 Å². The van der Waals surface area contributed by atoms with Gasteiger partial charge in [0.1, 0.15) is 6.04 Å². The van der Waals surface area contributed by atoms with Crippen molar-refractivity contribution < 1.29 is 62.4 Å². The third-order valence-corrected chi connectivity index (χ3v) is 9.33. The van der Waals surface area contributed by atoms with Gasteiger partial charge in [-0.1, -0.05) is 46.3 Å². The number of carbonyl (C=O) groups excluding carboxylic acids is 3. The summed E-state index contributed by atoms with van der Waals surface area (Å²) >= 11 is 3.30. The lowest BCUT2D eigenvalue weighted by Crippen LogP contribution is -2.54. The number of aliphatic carboxylic acids is 4. The third kappa shape index (κ3) is 17.6.